The van der Waals surface area contributed by atoms with Gasteiger partial charge in [0, 0.05) is 34.6 Å². The van der Waals surface area contributed by atoms with Crippen LogP contribution in [-0.2, 0) is 6.61 Å². The molecule has 9 aromatic rings. The van der Waals surface area contributed by atoms with Gasteiger partial charge in [-0.3, -0.25) is 0 Å². The van der Waals surface area contributed by atoms with Gasteiger partial charge in [-0.25, -0.2) is 29.9 Å². The highest BCUT2D eigenvalue weighted by Crippen LogP contribution is 3.44. The highest BCUT2D eigenvalue weighted by Gasteiger charge is 2.57. The summed E-state index contributed by atoms with van der Waals surface area (Å²) in [5.74, 6) is 1.51. The predicted octanol–water partition coefficient (Wildman–Crippen LogP) is 36.2. The highest BCUT2D eigenvalue weighted by atomic mass is 33.6. The number of aromatic hydroxyl groups is 1. The van der Waals surface area contributed by atoms with E-state index >= 15 is 0 Å². The molecule has 544 valence electrons. The molecule has 4 aromatic heterocycles. The zero-order valence-electron chi connectivity index (χ0n) is 52.5. The molecule has 3 N–H and O–H groups in total. The molecule has 0 bridgehead atoms. The summed E-state index contributed by atoms with van der Waals surface area (Å²) < 4.78 is 17.0. The number of nitrogens with one attached hydrogen (secondary N) is 2. The van der Waals surface area contributed by atoms with Crippen molar-refractivity contribution in [3.63, 3.8) is 0 Å². The number of fused-ring (bicyclic) bond motifs is 2. The second-order valence-electron chi connectivity index (χ2n) is 19.6. The van der Waals surface area contributed by atoms with E-state index in [4.69, 9.17) is 13.6 Å². The first kappa shape index (κ1) is 100. The number of benzene rings is 5. The van der Waals surface area contributed by atoms with Crippen molar-refractivity contribution in [3.8, 4) is 34.0 Å². The van der Waals surface area contributed by atoms with Crippen LogP contribution in [0, 0.1) is 13.8 Å². The van der Waals surface area contributed by atoms with Crippen molar-refractivity contribution in [1.29, 1.82) is 0 Å². The molecule has 0 fully saturated rings. The van der Waals surface area contributed by atoms with Gasteiger partial charge in [-0.15, -0.1) is 205 Å². The molecule has 0 saturated heterocycles. The molecule has 0 spiro atoms. The van der Waals surface area contributed by atoms with Gasteiger partial charge in [0.15, 0.2) is 47.1 Å². The average Bonchev–Trinajstić information content (AvgIpc) is 0.864. The Hall–Kier alpha value is 11.3. The third-order valence-electron chi connectivity index (χ3n) is 12.5. The van der Waals surface area contributed by atoms with Crippen LogP contribution in [0.15, 0.2) is 150 Å². The van der Waals surface area contributed by atoms with Crippen molar-refractivity contribution in [2.45, 2.75) is 27.9 Å². The molecule has 0 aliphatic rings. The fourth-order valence-corrected chi connectivity index (χ4v) is 611. The van der Waals surface area contributed by atoms with Crippen LogP contribution in [0.4, 0.5) is 23.0 Å². The van der Waals surface area contributed by atoms with Crippen LogP contribution in [0.5, 0.6) is 11.5 Å². The third-order valence-corrected chi connectivity index (χ3v) is 314. The van der Waals surface area contributed by atoms with Crippen molar-refractivity contribution < 1.29 is 18.7 Å². The van der Waals surface area contributed by atoms with Crippen molar-refractivity contribution in [2.75, 3.05) is 10.6 Å². The molecule has 100 heavy (non-hydrogen) atoms. The molecular formula is C44H84N8O4P44. The largest absolute Gasteiger partial charge is 0.503 e. The van der Waals surface area contributed by atoms with Crippen LogP contribution in [0.3, 0.4) is 0 Å². The molecule has 5 aromatic carbocycles. The Morgan fingerprint density at radius 1 is 0.380 bits per heavy atom. The van der Waals surface area contributed by atoms with Gasteiger partial charge in [-0.1, -0.05) is 97.4 Å². The van der Waals surface area contributed by atoms with Gasteiger partial charge in [-0.2, -0.15) is 0 Å². The first-order valence-corrected chi connectivity index (χ1v) is 107. The lowest BCUT2D eigenvalue weighted by molar-refractivity contribution is 0.307. The number of anilines is 4. The topological polar surface area (TPSA) is 157 Å². The predicted molar refractivity (Wildman–Crippen MR) is 587 cm³/mol. The SMILES string of the molecule is C.Cc1ccc(-c2ncnc(Nc3ccc4ncoc4c3)c2O)cc1.Cc1ccc(-c2ncnc(Nc3ccc4ncoc4c3)c2OCc2ccccc2)cc1.PP(P)P(P)P(P(P(P)P)P(P)P)P(P(P(P(P)P)P(P)P)P(P(P)P)P(P)P)P(P(P(P)P)P(P)P)P(P(P)P)P(P)P. The Labute approximate surface area is 668 Å². The van der Waals surface area contributed by atoms with E-state index in [1.54, 1.807) is 12.4 Å². The maximum Gasteiger partial charge on any atom is 0.188 e. The van der Waals surface area contributed by atoms with Crippen LogP contribution in [0.2, 0.25) is 0 Å². The molecule has 0 amide bonds. The zero-order valence-corrected chi connectivity index (χ0v) is 97.9. The van der Waals surface area contributed by atoms with Crippen LogP contribution in [0.25, 0.3) is 44.7 Å². The summed E-state index contributed by atoms with van der Waals surface area (Å²) in [5, 5.41) is 17.0. The molecular weight excluding hydrogens is 2070 g/mol. The number of hydrogen-bond donors (Lipinski definition) is 3. The van der Waals surface area contributed by atoms with Crippen molar-refractivity contribution >= 4 is 397 Å². The molecule has 0 radical (unpaired) electrons. The van der Waals surface area contributed by atoms with Gasteiger partial charge in [0.1, 0.15) is 41.7 Å². The molecule has 4 heterocycles. The smallest absolute Gasteiger partial charge is 0.188 e. The lowest BCUT2D eigenvalue weighted by atomic mass is 10.1. The summed E-state index contributed by atoms with van der Waals surface area (Å²) in [6.07, 6.45) is 5.79. The molecule has 12 nitrogen and oxygen atoms in total. The Morgan fingerprint density at radius 3 is 1.12 bits per heavy atom. The lowest BCUT2D eigenvalue weighted by Gasteiger charge is -2.57. The average molecular weight is 2150 g/mol. The number of aromatic nitrogens is 6. The first-order valence-electron chi connectivity index (χ1n) is 27.3. The van der Waals surface area contributed by atoms with E-state index < -0.39 is 0 Å². The van der Waals surface area contributed by atoms with Gasteiger partial charge < -0.3 is 29.3 Å². The molecule has 25 atom stereocenters. The molecule has 0 aliphatic heterocycles. The van der Waals surface area contributed by atoms with Crippen molar-refractivity contribution in [3.05, 3.63) is 157 Å². The Kier molecular flexibility index (Phi) is 51.4. The normalized spacial score (nSPS) is 12.9. The van der Waals surface area contributed by atoms with E-state index in [1.807, 2.05) is 104 Å². The van der Waals surface area contributed by atoms with E-state index in [0.717, 1.165) is 50.4 Å². The summed E-state index contributed by atoms with van der Waals surface area (Å²) in [5.41, 5.74) is 10.9. The van der Waals surface area contributed by atoms with E-state index in [0.29, 0.717) is 40.9 Å². The van der Waals surface area contributed by atoms with Crippen LogP contribution in [0.1, 0.15) is 24.1 Å². The monoisotopic (exact) mass is 2150 g/mol. The number of hydrogen-bond acceptors (Lipinski definition) is 12. The van der Waals surface area contributed by atoms with Crippen LogP contribution in [-0.4, -0.2) is 35.0 Å². The number of nitrogens with zero attached hydrogens (tertiary/aromatic N) is 6. The van der Waals surface area contributed by atoms with Gasteiger partial charge in [0.2, 0.25) is 0 Å². The van der Waals surface area contributed by atoms with Gasteiger partial charge in [0.05, 0.1) is 0 Å². The maximum absolute atomic E-state index is 10.5. The molecule has 25 unspecified atom stereocenters. The minimum Gasteiger partial charge on any atom is -0.503 e. The summed E-state index contributed by atoms with van der Waals surface area (Å²) in [6, 6.07) is 37.2. The van der Waals surface area contributed by atoms with E-state index in [2.05, 4.69) is 265 Å². The van der Waals surface area contributed by atoms with Gasteiger partial charge in [0.25, 0.3) is 0 Å². The number of aryl methyl sites for hydroxylation is 2. The standard InChI is InChI=1S/C25H20N4O2.C18H14N4O2.CH4.H46P44/c1-17-7-9-19(10-8-17)23-24(30-14-18-5-3-2-4-6-18)25(27-15-26-23)29-20-11-12-21-22(13-20)31-16-28-21;1-11-2-4-12(5-3-11)16-17(23)18(20-9-19-16)22-13-6-7-14-15(8-13)24-10-21-14;;1-24(2)35(23)41(36(25(3)4)26(5)6)44(42(37(27(7)8)28(9)10)38(29(11)12)30(13)14)43(39(31(15)16)32(17)18)40(33(19)20)34(21)22/h2-13,15-16H,14H2,1H3,(H,26,27,29);2-10,23H,1H3,(H,19,20,22);1H4;1-23H2. The fourth-order valence-electron chi connectivity index (χ4n) is 8.27. The second kappa shape index (κ2) is 51.3. The van der Waals surface area contributed by atoms with Crippen molar-refractivity contribution in [2.24, 2.45) is 0 Å². The Bertz CT molecular complexity index is 3810. The van der Waals surface area contributed by atoms with E-state index in [1.165, 1.54) is 24.7 Å². The van der Waals surface area contributed by atoms with Gasteiger partial charge >= 0.3 is 0 Å². The van der Waals surface area contributed by atoms with E-state index in [-0.39, 0.29) is 160 Å². The minimum atomic E-state index is -0.154. The zero-order chi connectivity index (χ0) is 72.7. The highest BCUT2D eigenvalue weighted by molar-refractivity contribution is 9.50. The lowest BCUT2D eigenvalue weighted by Crippen LogP contribution is -2.04. The molecule has 0 aliphatic carbocycles. The minimum absolute atomic E-state index is 0. The Morgan fingerprint density at radius 2 is 0.730 bits per heavy atom. The quantitative estimate of drug-likeness (QED) is 0.0382. The first-order chi connectivity index (χ1) is 46.9. The van der Waals surface area contributed by atoms with Crippen LogP contribution >= 0.6 is 352 Å². The third kappa shape index (κ3) is 30.1. The second-order valence-corrected chi connectivity index (χ2v) is 199. The molecule has 56 heteroatoms. The molecule has 9 rings (SSSR count). The summed E-state index contributed by atoms with van der Waals surface area (Å²) in [6.45, 7) is 1.86. The number of rotatable bonds is 29. The summed E-state index contributed by atoms with van der Waals surface area (Å²) >= 11 is 0. The number of oxazole rings is 2. The summed E-state index contributed by atoms with van der Waals surface area (Å²) in [7, 11) is 78.8. The van der Waals surface area contributed by atoms with Crippen molar-refractivity contribution in [1.82, 2.24) is 29.9 Å². The summed E-state index contributed by atoms with van der Waals surface area (Å²) in [4.78, 5) is 25.6. The molecule has 0 saturated carbocycles. The number of ether oxygens (including phenoxy) is 1. The van der Waals surface area contributed by atoms with Crippen LogP contribution < -0.4 is 15.4 Å². The Balaban J connectivity index is 0.000000245. The maximum atomic E-state index is 10.5. The fraction of sp³-hybridized carbons (Fsp3) is 0.0909. The van der Waals surface area contributed by atoms with E-state index in [9.17, 15) is 5.11 Å². The van der Waals surface area contributed by atoms with Gasteiger partial charge in [-0.05, 0) is 190 Å².